The minimum absolute atomic E-state index is 0.0972. The van der Waals surface area contributed by atoms with Crippen molar-refractivity contribution in [2.24, 2.45) is 5.41 Å². The molecule has 0 fully saturated rings. The van der Waals surface area contributed by atoms with E-state index in [2.05, 4.69) is 29.2 Å². The van der Waals surface area contributed by atoms with Gasteiger partial charge in [0.2, 0.25) is 10.0 Å². The molecule has 1 aliphatic rings. The van der Waals surface area contributed by atoms with Gasteiger partial charge in [-0.3, -0.25) is 0 Å². The lowest BCUT2D eigenvalue weighted by atomic mass is 9.75. The second-order valence-electron chi connectivity index (χ2n) is 6.92. The Balaban J connectivity index is 2.11. The largest absolute Gasteiger partial charge is 0.388 e. The minimum Gasteiger partial charge on any atom is -0.388 e. The van der Waals surface area contributed by atoms with Crippen molar-refractivity contribution in [3.05, 3.63) is 23.0 Å². The average Bonchev–Trinajstić information content (AvgIpc) is 2.59. The van der Waals surface area contributed by atoms with Crippen LogP contribution in [0.5, 0.6) is 0 Å². The van der Waals surface area contributed by atoms with Crippen LogP contribution in [0.25, 0.3) is 0 Å². The summed E-state index contributed by atoms with van der Waals surface area (Å²) >= 11 is 0. The molecule has 1 atom stereocenters. The molecule has 21 heavy (non-hydrogen) atoms. The van der Waals surface area contributed by atoms with E-state index >= 15 is 0 Å². The number of nitrogens with one attached hydrogen (secondary N) is 1. The molecule has 2 N–H and O–H groups in total. The molecule has 0 amide bonds. The Bertz CT molecular complexity index is 617. The zero-order valence-corrected chi connectivity index (χ0v) is 14.1. The van der Waals surface area contributed by atoms with Gasteiger partial charge in [0.25, 0.3) is 0 Å². The Labute approximate surface area is 127 Å². The molecular formula is C15H26N2O3S. The van der Waals surface area contributed by atoms with Crippen LogP contribution in [0.4, 0.5) is 0 Å². The van der Waals surface area contributed by atoms with E-state index in [0.29, 0.717) is 6.54 Å². The van der Waals surface area contributed by atoms with Crippen molar-refractivity contribution in [3.63, 3.8) is 0 Å². The van der Waals surface area contributed by atoms with Crippen molar-refractivity contribution in [1.29, 1.82) is 0 Å². The van der Waals surface area contributed by atoms with Crippen LogP contribution >= 0.6 is 0 Å². The smallest absolute Gasteiger partial charge is 0.208 e. The molecule has 0 saturated heterocycles. The van der Waals surface area contributed by atoms with E-state index < -0.39 is 16.1 Å². The first-order chi connectivity index (χ1) is 9.59. The first-order valence-corrected chi connectivity index (χ1v) is 9.30. The summed E-state index contributed by atoms with van der Waals surface area (Å²) in [5, 5.41) is 10.3. The van der Waals surface area contributed by atoms with Crippen LogP contribution in [-0.4, -0.2) is 30.9 Å². The Hall–Kier alpha value is -0.850. The lowest BCUT2D eigenvalue weighted by Gasteiger charge is -2.34. The van der Waals surface area contributed by atoms with Gasteiger partial charge in [0.05, 0.1) is 12.4 Å². The molecular weight excluding hydrogens is 288 g/mol. The van der Waals surface area contributed by atoms with Crippen molar-refractivity contribution in [1.82, 2.24) is 9.29 Å². The van der Waals surface area contributed by atoms with Crippen molar-refractivity contribution in [2.75, 3.05) is 12.8 Å². The average molecular weight is 314 g/mol. The third-order valence-corrected chi connectivity index (χ3v) is 4.85. The molecule has 0 aromatic carbocycles. The number of aryl methyl sites for hydroxylation is 1. The van der Waals surface area contributed by atoms with E-state index in [1.807, 2.05) is 6.92 Å². The molecule has 1 unspecified atom stereocenters. The summed E-state index contributed by atoms with van der Waals surface area (Å²) in [5.41, 5.74) is 3.48. The molecule has 1 aromatic heterocycles. The van der Waals surface area contributed by atoms with Crippen LogP contribution in [0.1, 0.15) is 49.7 Å². The lowest BCUT2D eigenvalue weighted by molar-refractivity contribution is 0.0979. The van der Waals surface area contributed by atoms with Crippen LogP contribution in [0.2, 0.25) is 0 Å². The second-order valence-corrected chi connectivity index (χ2v) is 8.75. The normalized spacial score (nSPS) is 21.3. The molecule has 0 aliphatic heterocycles. The molecule has 0 bridgehead atoms. The van der Waals surface area contributed by atoms with Crippen molar-refractivity contribution in [2.45, 2.75) is 52.7 Å². The van der Waals surface area contributed by atoms with E-state index in [9.17, 15) is 13.5 Å². The maximum atomic E-state index is 11.1. The van der Waals surface area contributed by atoms with Gasteiger partial charge in [-0.1, -0.05) is 13.8 Å². The summed E-state index contributed by atoms with van der Waals surface area (Å²) < 4.78 is 26.9. The van der Waals surface area contributed by atoms with E-state index in [-0.39, 0.29) is 5.41 Å². The van der Waals surface area contributed by atoms with Crippen molar-refractivity contribution >= 4 is 10.0 Å². The molecule has 120 valence electrons. The molecule has 5 nitrogen and oxygen atoms in total. The number of aliphatic hydroxyl groups excluding tert-OH is 1. The number of hydrogen-bond donors (Lipinski definition) is 2. The zero-order valence-electron chi connectivity index (χ0n) is 13.3. The maximum Gasteiger partial charge on any atom is 0.208 e. The highest BCUT2D eigenvalue weighted by atomic mass is 32.2. The molecule has 1 aliphatic carbocycles. The highest BCUT2D eigenvalue weighted by molar-refractivity contribution is 7.88. The summed E-state index contributed by atoms with van der Waals surface area (Å²) in [6.07, 6.45) is 3.27. The number of nitrogens with zero attached hydrogens (tertiary/aromatic N) is 1. The second kappa shape index (κ2) is 5.74. The summed E-state index contributed by atoms with van der Waals surface area (Å²) in [4.78, 5) is 0. The third-order valence-electron chi connectivity index (χ3n) is 4.12. The van der Waals surface area contributed by atoms with E-state index in [0.717, 1.165) is 37.1 Å². The lowest BCUT2D eigenvalue weighted by Crippen LogP contribution is -2.28. The van der Waals surface area contributed by atoms with Gasteiger partial charge in [-0.2, -0.15) is 0 Å². The molecule has 1 aromatic rings. The summed E-state index contributed by atoms with van der Waals surface area (Å²) in [5.74, 6) is 0. The van der Waals surface area contributed by atoms with Crippen LogP contribution in [0.3, 0.4) is 0 Å². The van der Waals surface area contributed by atoms with Gasteiger partial charge in [0, 0.05) is 30.0 Å². The van der Waals surface area contributed by atoms with E-state index in [1.165, 1.54) is 11.9 Å². The number of aromatic nitrogens is 1. The van der Waals surface area contributed by atoms with E-state index in [4.69, 9.17) is 0 Å². The Morgan fingerprint density at radius 1 is 1.48 bits per heavy atom. The van der Waals surface area contributed by atoms with Gasteiger partial charge in [-0.05, 0) is 37.7 Å². The fourth-order valence-corrected chi connectivity index (χ4v) is 3.72. The number of sulfonamides is 1. The van der Waals surface area contributed by atoms with Crippen LogP contribution in [-0.2, 0) is 23.0 Å². The Morgan fingerprint density at radius 2 is 2.14 bits per heavy atom. The molecule has 6 heteroatoms. The maximum absolute atomic E-state index is 11.1. The quantitative estimate of drug-likeness (QED) is 0.813. The van der Waals surface area contributed by atoms with Crippen molar-refractivity contribution < 1.29 is 13.5 Å². The first-order valence-electron chi connectivity index (χ1n) is 7.41. The fourth-order valence-electron chi connectivity index (χ4n) is 3.21. The highest BCUT2D eigenvalue weighted by Gasteiger charge is 2.33. The zero-order chi connectivity index (χ0) is 15.8. The van der Waals surface area contributed by atoms with Gasteiger partial charge in [0.1, 0.15) is 0 Å². The number of rotatable bonds is 5. The molecule has 0 saturated carbocycles. The van der Waals surface area contributed by atoms with Crippen LogP contribution < -0.4 is 4.72 Å². The third kappa shape index (κ3) is 4.08. The minimum atomic E-state index is -3.12. The Morgan fingerprint density at radius 3 is 2.76 bits per heavy atom. The van der Waals surface area contributed by atoms with Crippen LogP contribution in [0, 0.1) is 12.3 Å². The predicted molar refractivity (Wildman–Crippen MR) is 83.7 cm³/mol. The highest BCUT2D eigenvalue weighted by Crippen LogP contribution is 2.41. The van der Waals surface area contributed by atoms with E-state index in [1.54, 1.807) is 0 Å². The van der Waals surface area contributed by atoms with Gasteiger partial charge in [0.15, 0.2) is 0 Å². The van der Waals surface area contributed by atoms with Gasteiger partial charge < -0.3 is 9.67 Å². The molecule has 2 rings (SSSR count). The number of hydrogen-bond acceptors (Lipinski definition) is 3. The summed E-state index contributed by atoms with van der Waals surface area (Å²) in [6.45, 7) is 7.61. The summed E-state index contributed by atoms with van der Waals surface area (Å²) in [6, 6.07) is 2.07. The predicted octanol–water partition coefficient (Wildman–Crippen LogP) is 1.74. The molecule has 1 heterocycles. The standard InChI is InChI=1S/C15H26N2O3S/c1-11-8-12-13(9-15(2,3)10-14(12)18)17(11)7-5-6-16-21(4,19)20/h8,14,16,18H,5-7,9-10H2,1-4H3. The molecule has 0 spiro atoms. The first kappa shape index (κ1) is 16.5. The number of aliphatic hydroxyl groups is 1. The van der Waals surface area contributed by atoms with Gasteiger partial charge in [-0.25, -0.2) is 13.1 Å². The van der Waals surface area contributed by atoms with Gasteiger partial charge in [-0.15, -0.1) is 0 Å². The van der Waals surface area contributed by atoms with Crippen molar-refractivity contribution in [3.8, 4) is 0 Å². The topological polar surface area (TPSA) is 71.3 Å². The van der Waals surface area contributed by atoms with Crippen LogP contribution in [0.15, 0.2) is 6.07 Å². The SMILES string of the molecule is Cc1cc2c(n1CCCNS(C)(=O)=O)CC(C)(C)CC2O. The summed E-state index contributed by atoms with van der Waals surface area (Å²) in [7, 11) is -3.12. The Kier molecular flexibility index (Phi) is 4.52. The van der Waals surface area contributed by atoms with Gasteiger partial charge >= 0.3 is 0 Å². The molecule has 0 radical (unpaired) electrons. The monoisotopic (exact) mass is 314 g/mol. The fraction of sp³-hybridized carbons (Fsp3) is 0.733. The number of fused-ring (bicyclic) bond motifs is 1.